The third-order valence-electron chi connectivity index (χ3n) is 3.31. The minimum Gasteiger partial charge on any atom is -0.480 e. The predicted molar refractivity (Wildman–Crippen MR) is 64.7 cm³/mol. The maximum atomic E-state index is 11.0. The van der Waals surface area contributed by atoms with Gasteiger partial charge in [0.2, 0.25) is 0 Å². The van der Waals surface area contributed by atoms with Crippen molar-refractivity contribution in [3.8, 4) is 0 Å². The van der Waals surface area contributed by atoms with E-state index in [-0.39, 0.29) is 5.41 Å². The van der Waals surface area contributed by atoms with Crippen LogP contribution in [0.25, 0.3) is 0 Å². The molecule has 16 heavy (non-hydrogen) atoms. The molecule has 1 unspecified atom stereocenters. The Kier molecular flexibility index (Phi) is 2.95. The first-order valence-corrected chi connectivity index (χ1v) is 6.45. The second-order valence-electron chi connectivity index (χ2n) is 4.20. The molecule has 0 aliphatic heterocycles. The zero-order valence-corrected chi connectivity index (χ0v) is 9.96. The summed E-state index contributed by atoms with van der Waals surface area (Å²) in [7, 11) is 0. The van der Waals surface area contributed by atoms with Gasteiger partial charge in [-0.25, -0.2) is 0 Å². The number of carbonyl (C=O) groups is 1. The van der Waals surface area contributed by atoms with Crippen molar-refractivity contribution in [1.29, 1.82) is 0 Å². The number of aliphatic carboxylic acids is 1. The van der Waals surface area contributed by atoms with E-state index in [9.17, 15) is 4.79 Å². The van der Waals surface area contributed by atoms with Gasteiger partial charge in [-0.1, -0.05) is 12.1 Å². The van der Waals surface area contributed by atoms with Crippen LogP contribution in [0.5, 0.6) is 0 Å². The molecule has 1 aromatic carbocycles. The SMILES string of the molecule is CSc1ccc(C2(C(N)C(=O)O)CC2)cc1. The lowest BCUT2D eigenvalue weighted by molar-refractivity contribution is -0.139. The first kappa shape index (κ1) is 11.5. The Bertz CT molecular complexity index is 398. The lowest BCUT2D eigenvalue weighted by atomic mass is 9.88. The van der Waals surface area contributed by atoms with Gasteiger partial charge in [-0.2, -0.15) is 0 Å². The van der Waals surface area contributed by atoms with Crippen molar-refractivity contribution in [2.24, 2.45) is 5.73 Å². The van der Waals surface area contributed by atoms with Gasteiger partial charge in [-0.05, 0) is 36.8 Å². The van der Waals surface area contributed by atoms with Crippen LogP contribution in [0, 0.1) is 0 Å². The number of benzene rings is 1. The van der Waals surface area contributed by atoms with Crippen molar-refractivity contribution in [2.75, 3.05) is 6.26 Å². The molecule has 0 saturated heterocycles. The number of carboxylic acids is 1. The van der Waals surface area contributed by atoms with E-state index in [2.05, 4.69) is 0 Å². The normalized spacial score (nSPS) is 19.1. The summed E-state index contributed by atoms with van der Waals surface area (Å²) >= 11 is 1.68. The van der Waals surface area contributed by atoms with Crippen LogP contribution in [-0.2, 0) is 10.2 Å². The van der Waals surface area contributed by atoms with Crippen molar-refractivity contribution in [2.45, 2.75) is 29.2 Å². The second-order valence-corrected chi connectivity index (χ2v) is 5.08. The van der Waals surface area contributed by atoms with E-state index in [1.54, 1.807) is 11.8 Å². The highest BCUT2D eigenvalue weighted by Crippen LogP contribution is 2.50. The molecule has 1 aliphatic rings. The van der Waals surface area contributed by atoms with Gasteiger partial charge in [0.1, 0.15) is 6.04 Å². The molecule has 0 heterocycles. The summed E-state index contributed by atoms with van der Waals surface area (Å²) in [4.78, 5) is 12.1. The van der Waals surface area contributed by atoms with Gasteiger partial charge in [0.15, 0.2) is 0 Å². The van der Waals surface area contributed by atoms with Crippen LogP contribution < -0.4 is 5.73 Å². The van der Waals surface area contributed by atoms with E-state index in [0.29, 0.717) is 0 Å². The summed E-state index contributed by atoms with van der Waals surface area (Å²) in [6.45, 7) is 0. The standard InChI is InChI=1S/C12H15NO2S/c1-16-9-4-2-8(3-5-9)12(6-7-12)10(13)11(14)15/h2-5,10H,6-7,13H2,1H3,(H,14,15). The molecule has 3 nitrogen and oxygen atoms in total. The van der Waals surface area contributed by atoms with Gasteiger partial charge in [-0.15, -0.1) is 11.8 Å². The topological polar surface area (TPSA) is 63.3 Å². The molecule has 1 aromatic rings. The monoisotopic (exact) mass is 237 g/mol. The largest absolute Gasteiger partial charge is 0.480 e. The summed E-state index contributed by atoms with van der Waals surface area (Å²) in [6, 6.07) is 7.26. The Balaban J connectivity index is 2.26. The summed E-state index contributed by atoms with van der Waals surface area (Å²) in [5.74, 6) is -0.911. The Morgan fingerprint density at radius 1 is 1.44 bits per heavy atom. The van der Waals surface area contributed by atoms with E-state index >= 15 is 0 Å². The van der Waals surface area contributed by atoms with E-state index in [0.717, 1.165) is 18.4 Å². The van der Waals surface area contributed by atoms with E-state index in [4.69, 9.17) is 10.8 Å². The zero-order chi connectivity index (χ0) is 11.8. The van der Waals surface area contributed by atoms with Crippen LogP contribution in [0.4, 0.5) is 0 Å². The van der Waals surface area contributed by atoms with Crippen molar-refractivity contribution in [3.63, 3.8) is 0 Å². The molecule has 1 atom stereocenters. The number of hydrogen-bond acceptors (Lipinski definition) is 3. The molecule has 1 fully saturated rings. The first-order valence-electron chi connectivity index (χ1n) is 5.23. The molecule has 2 rings (SSSR count). The Morgan fingerprint density at radius 3 is 2.38 bits per heavy atom. The second kappa shape index (κ2) is 4.11. The molecule has 0 amide bonds. The third-order valence-corrected chi connectivity index (χ3v) is 4.06. The Morgan fingerprint density at radius 2 is 2.00 bits per heavy atom. The fourth-order valence-corrected chi connectivity index (χ4v) is 2.48. The maximum Gasteiger partial charge on any atom is 0.321 e. The number of thioether (sulfide) groups is 1. The fourth-order valence-electron chi connectivity index (χ4n) is 2.07. The molecule has 1 saturated carbocycles. The molecule has 0 spiro atoms. The predicted octanol–water partition coefficient (Wildman–Crippen LogP) is 1.85. The summed E-state index contributed by atoms with van der Waals surface area (Å²) < 4.78 is 0. The molecule has 3 N–H and O–H groups in total. The molecule has 0 bridgehead atoms. The van der Waals surface area contributed by atoms with Crippen LogP contribution in [0.15, 0.2) is 29.2 Å². The van der Waals surface area contributed by atoms with Gasteiger partial charge in [0.05, 0.1) is 0 Å². The van der Waals surface area contributed by atoms with Crippen LogP contribution >= 0.6 is 11.8 Å². The highest BCUT2D eigenvalue weighted by molar-refractivity contribution is 7.98. The highest BCUT2D eigenvalue weighted by Gasteiger charge is 2.52. The van der Waals surface area contributed by atoms with Crippen molar-refractivity contribution in [3.05, 3.63) is 29.8 Å². The number of carboxylic acid groups (broad SMARTS) is 1. The van der Waals surface area contributed by atoms with Crippen LogP contribution in [0.2, 0.25) is 0 Å². The van der Waals surface area contributed by atoms with Gasteiger partial charge >= 0.3 is 5.97 Å². The molecular formula is C12H15NO2S. The van der Waals surface area contributed by atoms with E-state index in [1.807, 2.05) is 30.5 Å². The molecule has 0 radical (unpaired) electrons. The molecule has 86 valence electrons. The number of hydrogen-bond donors (Lipinski definition) is 2. The van der Waals surface area contributed by atoms with Crippen molar-refractivity contribution >= 4 is 17.7 Å². The first-order chi connectivity index (χ1) is 7.60. The molecular weight excluding hydrogens is 222 g/mol. The fraction of sp³-hybridized carbons (Fsp3) is 0.417. The molecule has 4 heteroatoms. The van der Waals surface area contributed by atoms with E-state index < -0.39 is 12.0 Å². The lowest BCUT2D eigenvalue weighted by Crippen LogP contribution is -2.41. The summed E-state index contributed by atoms with van der Waals surface area (Å²) in [5.41, 5.74) is 6.49. The van der Waals surface area contributed by atoms with Crippen molar-refractivity contribution in [1.82, 2.24) is 0 Å². The lowest BCUT2D eigenvalue weighted by Gasteiger charge is -2.20. The summed E-state index contributed by atoms with van der Waals surface area (Å²) in [6.07, 6.45) is 3.77. The number of rotatable bonds is 4. The van der Waals surface area contributed by atoms with Crippen LogP contribution in [-0.4, -0.2) is 23.4 Å². The number of nitrogens with two attached hydrogens (primary N) is 1. The average molecular weight is 237 g/mol. The summed E-state index contributed by atoms with van der Waals surface area (Å²) in [5, 5.41) is 8.99. The average Bonchev–Trinajstić information content (AvgIpc) is 3.09. The van der Waals surface area contributed by atoms with Gasteiger partial charge in [0.25, 0.3) is 0 Å². The third kappa shape index (κ3) is 1.83. The Labute approximate surface area is 99.0 Å². The maximum absolute atomic E-state index is 11.0. The van der Waals surface area contributed by atoms with Gasteiger partial charge < -0.3 is 10.8 Å². The zero-order valence-electron chi connectivity index (χ0n) is 9.14. The van der Waals surface area contributed by atoms with Crippen molar-refractivity contribution < 1.29 is 9.90 Å². The van der Waals surface area contributed by atoms with Crippen LogP contribution in [0.1, 0.15) is 18.4 Å². The van der Waals surface area contributed by atoms with Gasteiger partial charge in [-0.3, -0.25) is 4.79 Å². The smallest absolute Gasteiger partial charge is 0.321 e. The minimum atomic E-state index is -0.911. The highest BCUT2D eigenvalue weighted by atomic mass is 32.2. The van der Waals surface area contributed by atoms with E-state index in [1.165, 1.54) is 4.90 Å². The molecule has 0 aromatic heterocycles. The minimum absolute atomic E-state index is 0.317. The van der Waals surface area contributed by atoms with Gasteiger partial charge in [0, 0.05) is 10.3 Å². The van der Waals surface area contributed by atoms with Crippen LogP contribution in [0.3, 0.4) is 0 Å². The Hall–Kier alpha value is -1.00. The molecule has 1 aliphatic carbocycles. The quantitative estimate of drug-likeness (QED) is 0.784.